The zero-order valence-electron chi connectivity index (χ0n) is 15.9. The fourth-order valence-electron chi connectivity index (χ4n) is 2.44. The largest absolute Gasteiger partial charge is 0.484 e. The molecule has 2 aromatic carbocycles. The molecule has 0 N–H and O–H groups in total. The predicted octanol–water partition coefficient (Wildman–Crippen LogP) is 5.01. The van der Waals surface area contributed by atoms with Gasteiger partial charge in [0.1, 0.15) is 5.75 Å². The lowest BCUT2D eigenvalue weighted by Gasteiger charge is -2.17. The average Bonchev–Trinajstić information content (AvgIpc) is 3.15. The average molecular weight is 452 g/mol. The Morgan fingerprint density at radius 1 is 1.17 bits per heavy atom. The van der Waals surface area contributed by atoms with Crippen LogP contribution < -0.4 is 4.74 Å². The molecule has 9 heteroatoms. The highest BCUT2D eigenvalue weighted by atomic mass is 35.5. The van der Waals surface area contributed by atoms with Gasteiger partial charge in [-0.25, -0.2) is 0 Å². The summed E-state index contributed by atoms with van der Waals surface area (Å²) < 4.78 is 11.2. The summed E-state index contributed by atoms with van der Waals surface area (Å²) in [4.78, 5) is 14.0. The predicted molar refractivity (Wildman–Crippen MR) is 113 cm³/mol. The highest BCUT2D eigenvalue weighted by Gasteiger charge is 2.14. The van der Waals surface area contributed by atoms with E-state index >= 15 is 0 Å². The third-order valence-corrected chi connectivity index (χ3v) is 5.49. The van der Waals surface area contributed by atoms with Gasteiger partial charge in [-0.05, 0) is 42.3 Å². The van der Waals surface area contributed by atoms with Crippen molar-refractivity contribution in [3.63, 3.8) is 0 Å². The van der Waals surface area contributed by atoms with Gasteiger partial charge in [-0.15, -0.1) is 10.2 Å². The van der Waals surface area contributed by atoms with Crippen LogP contribution in [0.2, 0.25) is 10.0 Å². The molecule has 152 valence electrons. The van der Waals surface area contributed by atoms with E-state index in [-0.39, 0.29) is 18.3 Å². The van der Waals surface area contributed by atoms with Crippen molar-refractivity contribution in [2.45, 2.75) is 25.3 Å². The first kappa shape index (κ1) is 21.5. The van der Waals surface area contributed by atoms with Gasteiger partial charge in [-0.3, -0.25) is 4.79 Å². The van der Waals surface area contributed by atoms with Crippen LogP contribution in [0.4, 0.5) is 0 Å². The molecule has 1 amide bonds. The monoisotopic (exact) mass is 451 g/mol. The van der Waals surface area contributed by atoms with Crippen LogP contribution in [-0.2, 0) is 17.9 Å². The zero-order chi connectivity index (χ0) is 20.8. The molecule has 0 saturated carbocycles. The number of rotatable bonds is 8. The van der Waals surface area contributed by atoms with E-state index < -0.39 is 0 Å². The van der Waals surface area contributed by atoms with E-state index in [1.807, 2.05) is 37.3 Å². The summed E-state index contributed by atoms with van der Waals surface area (Å²) in [5.74, 6) is 1.19. The normalized spacial score (nSPS) is 10.8. The van der Waals surface area contributed by atoms with E-state index in [1.54, 1.807) is 24.1 Å². The number of halogens is 2. The fourth-order valence-corrected chi connectivity index (χ4v) is 3.48. The Kier molecular flexibility index (Phi) is 7.41. The summed E-state index contributed by atoms with van der Waals surface area (Å²) in [5.41, 5.74) is 2.00. The van der Waals surface area contributed by atoms with Crippen molar-refractivity contribution in [1.29, 1.82) is 0 Å². The lowest BCUT2D eigenvalue weighted by molar-refractivity contribution is -0.127. The molecule has 0 spiro atoms. The van der Waals surface area contributed by atoms with Gasteiger partial charge in [0.2, 0.25) is 5.91 Å². The minimum atomic E-state index is -0.0724. The number of amides is 1. The van der Waals surface area contributed by atoms with Gasteiger partial charge in [0.05, 0.1) is 15.8 Å². The highest BCUT2D eigenvalue weighted by molar-refractivity contribution is 7.99. The van der Waals surface area contributed by atoms with Crippen molar-refractivity contribution in [3.8, 4) is 5.75 Å². The number of benzene rings is 2. The number of thioether (sulfide) groups is 1. The van der Waals surface area contributed by atoms with Crippen molar-refractivity contribution >= 4 is 40.9 Å². The van der Waals surface area contributed by atoms with Crippen molar-refractivity contribution in [2.24, 2.45) is 0 Å². The first-order valence-corrected chi connectivity index (χ1v) is 10.5. The van der Waals surface area contributed by atoms with Gasteiger partial charge in [-0.2, -0.15) is 0 Å². The van der Waals surface area contributed by atoms with Crippen LogP contribution in [0.5, 0.6) is 5.75 Å². The molecule has 0 fully saturated rings. The Hall–Kier alpha value is -2.22. The van der Waals surface area contributed by atoms with Gasteiger partial charge in [0, 0.05) is 13.6 Å². The molecule has 0 aliphatic heterocycles. The lowest BCUT2D eigenvalue weighted by Crippen LogP contribution is -2.27. The Morgan fingerprint density at radius 3 is 2.76 bits per heavy atom. The summed E-state index contributed by atoms with van der Waals surface area (Å²) in [6.07, 6.45) is 0. The molecular weight excluding hydrogens is 433 g/mol. The topological polar surface area (TPSA) is 68.5 Å². The van der Waals surface area contributed by atoms with Crippen molar-refractivity contribution in [1.82, 2.24) is 15.1 Å². The molecule has 0 radical (unpaired) electrons. The quantitative estimate of drug-likeness (QED) is 0.448. The van der Waals surface area contributed by atoms with Crippen molar-refractivity contribution in [2.75, 3.05) is 12.8 Å². The molecule has 0 aliphatic carbocycles. The number of nitrogens with zero attached hydrogens (tertiary/aromatic N) is 3. The molecule has 0 atom stereocenters. The molecule has 3 aromatic rings. The van der Waals surface area contributed by atoms with Crippen molar-refractivity contribution in [3.05, 3.63) is 69.5 Å². The van der Waals surface area contributed by atoms with Crippen LogP contribution in [0.15, 0.2) is 52.1 Å². The molecule has 1 heterocycles. The number of carbonyl (C=O) groups excluding carboxylic acids is 1. The summed E-state index contributed by atoms with van der Waals surface area (Å²) in [5, 5.41) is 9.17. The third kappa shape index (κ3) is 6.39. The lowest BCUT2D eigenvalue weighted by atomic mass is 10.2. The fraction of sp³-hybridized carbons (Fsp3) is 0.250. The number of ether oxygens (including phenoxy) is 1. The Bertz CT molecular complexity index is 997. The van der Waals surface area contributed by atoms with Gasteiger partial charge < -0.3 is 14.1 Å². The molecule has 0 saturated heterocycles. The van der Waals surface area contributed by atoms with Gasteiger partial charge in [0.25, 0.3) is 11.1 Å². The molecular formula is C20H19Cl2N3O3S. The first-order valence-electron chi connectivity index (χ1n) is 8.73. The van der Waals surface area contributed by atoms with Crippen LogP contribution >= 0.6 is 35.0 Å². The van der Waals surface area contributed by atoms with Crippen LogP contribution in [0.1, 0.15) is 17.0 Å². The minimum absolute atomic E-state index is 0.0724. The number of aryl methyl sites for hydroxylation is 1. The molecule has 3 rings (SSSR count). The standard InChI is InChI=1S/C20H19Cl2N3O3S/c1-13-4-3-5-15(8-13)27-11-18-23-24-20(28-18)29-12-19(26)25(2)10-14-6-7-16(21)17(22)9-14/h3-9H,10-12H2,1-2H3. The van der Waals surface area contributed by atoms with Gasteiger partial charge in [0.15, 0.2) is 6.61 Å². The Morgan fingerprint density at radius 2 is 2.00 bits per heavy atom. The van der Waals surface area contributed by atoms with E-state index in [9.17, 15) is 4.79 Å². The summed E-state index contributed by atoms with van der Waals surface area (Å²) >= 11 is 13.1. The number of carbonyl (C=O) groups is 1. The first-order chi connectivity index (χ1) is 13.9. The van der Waals surface area contributed by atoms with Gasteiger partial charge >= 0.3 is 0 Å². The smallest absolute Gasteiger partial charge is 0.277 e. The maximum Gasteiger partial charge on any atom is 0.277 e. The molecule has 0 unspecified atom stereocenters. The molecule has 1 aromatic heterocycles. The second-order valence-electron chi connectivity index (χ2n) is 6.35. The highest BCUT2D eigenvalue weighted by Crippen LogP contribution is 2.23. The van der Waals surface area contributed by atoms with Crippen molar-refractivity contribution < 1.29 is 13.9 Å². The number of aromatic nitrogens is 2. The molecule has 6 nitrogen and oxygen atoms in total. The van der Waals surface area contributed by atoms with Crippen LogP contribution in [0, 0.1) is 6.92 Å². The van der Waals surface area contributed by atoms with Gasteiger partial charge in [-0.1, -0.05) is 53.2 Å². The molecule has 0 bridgehead atoms. The second kappa shape index (κ2) is 10.0. The maximum absolute atomic E-state index is 12.4. The summed E-state index contributed by atoms with van der Waals surface area (Å²) in [6, 6.07) is 13.0. The van der Waals surface area contributed by atoms with E-state index in [1.165, 1.54) is 11.8 Å². The second-order valence-corrected chi connectivity index (χ2v) is 8.09. The number of hydrogen-bond acceptors (Lipinski definition) is 6. The Balaban J connectivity index is 1.46. The third-order valence-electron chi connectivity index (χ3n) is 3.95. The Labute approximate surface area is 183 Å². The summed E-state index contributed by atoms with van der Waals surface area (Å²) in [7, 11) is 1.72. The van der Waals surface area contributed by atoms with Crippen LogP contribution in [0.25, 0.3) is 0 Å². The minimum Gasteiger partial charge on any atom is -0.484 e. The number of hydrogen-bond donors (Lipinski definition) is 0. The molecule has 29 heavy (non-hydrogen) atoms. The maximum atomic E-state index is 12.4. The van der Waals surface area contributed by atoms with E-state index in [0.717, 1.165) is 16.9 Å². The van der Waals surface area contributed by atoms with E-state index in [4.69, 9.17) is 32.4 Å². The van der Waals surface area contributed by atoms with E-state index in [0.29, 0.717) is 27.7 Å². The SMILES string of the molecule is Cc1cccc(OCc2nnc(SCC(=O)N(C)Cc3ccc(Cl)c(Cl)c3)o2)c1. The zero-order valence-corrected chi connectivity index (χ0v) is 18.2. The molecule has 0 aliphatic rings. The summed E-state index contributed by atoms with van der Waals surface area (Å²) in [6.45, 7) is 2.59. The van der Waals surface area contributed by atoms with E-state index in [2.05, 4.69) is 10.2 Å². The van der Waals surface area contributed by atoms with Crippen LogP contribution in [0.3, 0.4) is 0 Å². The van der Waals surface area contributed by atoms with Crippen LogP contribution in [-0.4, -0.2) is 33.8 Å².